The van der Waals surface area contributed by atoms with Crippen LogP contribution in [0.25, 0.3) is 0 Å². The average Bonchev–Trinajstić information content (AvgIpc) is 2.53. The molecule has 1 unspecified atom stereocenters. The van der Waals surface area contributed by atoms with Gasteiger partial charge in [0.25, 0.3) is 0 Å². The zero-order valence-corrected chi connectivity index (χ0v) is 15.0. The molecule has 0 aliphatic heterocycles. The molecule has 2 N–H and O–H groups in total. The van der Waals surface area contributed by atoms with Crippen molar-refractivity contribution in [2.75, 3.05) is 0 Å². The van der Waals surface area contributed by atoms with Crippen molar-refractivity contribution < 1.29 is 4.79 Å². The van der Waals surface area contributed by atoms with Crippen molar-refractivity contribution in [2.24, 2.45) is 5.41 Å². The zero-order valence-electron chi connectivity index (χ0n) is 15.0. The van der Waals surface area contributed by atoms with Gasteiger partial charge in [-0.05, 0) is 36.0 Å². The largest absolute Gasteiger partial charge is 0.334 e. The average molecular weight is 325 g/mol. The predicted octanol–water partition coefficient (Wildman–Crippen LogP) is 4.37. The summed E-state index contributed by atoms with van der Waals surface area (Å²) in [5, 5.41) is 6.02. The highest BCUT2D eigenvalue weighted by Gasteiger charge is 2.22. The first kappa shape index (κ1) is 18.0. The molecule has 1 aromatic carbocycles. The van der Waals surface area contributed by atoms with Crippen molar-refractivity contribution >= 4 is 6.03 Å². The van der Waals surface area contributed by atoms with Gasteiger partial charge >= 0.3 is 6.03 Å². The molecule has 0 fully saturated rings. The Hall–Kier alpha value is -2.36. The molecular weight excluding hydrogens is 298 g/mol. The second-order valence-corrected chi connectivity index (χ2v) is 7.42. The van der Waals surface area contributed by atoms with E-state index in [0.717, 1.165) is 17.5 Å². The third-order valence-corrected chi connectivity index (χ3v) is 3.78. The third kappa shape index (κ3) is 6.03. The normalized spacial score (nSPS) is 12.5. The molecule has 1 atom stereocenters. The Kier molecular flexibility index (Phi) is 5.96. The van der Waals surface area contributed by atoms with E-state index in [9.17, 15) is 4.79 Å². The minimum atomic E-state index is -0.159. The Morgan fingerprint density at radius 1 is 1.17 bits per heavy atom. The summed E-state index contributed by atoms with van der Waals surface area (Å²) in [7, 11) is 0. The molecule has 24 heavy (non-hydrogen) atoms. The number of aryl methyl sites for hydroxylation is 1. The van der Waals surface area contributed by atoms with E-state index in [1.165, 1.54) is 5.56 Å². The van der Waals surface area contributed by atoms with Crippen LogP contribution in [-0.2, 0) is 6.54 Å². The maximum Gasteiger partial charge on any atom is 0.315 e. The highest BCUT2D eigenvalue weighted by atomic mass is 16.2. The van der Waals surface area contributed by atoms with E-state index in [1.54, 1.807) is 6.20 Å². The number of amides is 2. The molecule has 2 aromatic rings. The van der Waals surface area contributed by atoms with Gasteiger partial charge in [0.1, 0.15) is 0 Å². The molecule has 2 amide bonds. The van der Waals surface area contributed by atoms with Crippen molar-refractivity contribution in [3.63, 3.8) is 0 Å². The van der Waals surface area contributed by atoms with Crippen LogP contribution in [0.3, 0.4) is 0 Å². The number of urea groups is 1. The summed E-state index contributed by atoms with van der Waals surface area (Å²) in [4.78, 5) is 16.5. The molecule has 2 rings (SSSR count). The molecule has 4 heteroatoms. The summed E-state index contributed by atoms with van der Waals surface area (Å²) in [5.74, 6) is 0. The first-order valence-electron chi connectivity index (χ1n) is 8.33. The van der Waals surface area contributed by atoms with Crippen LogP contribution in [0.2, 0.25) is 0 Å². The van der Waals surface area contributed by atoms with Gasteiger partial charge in [0.2, 0.25) is 0 Å². The molecule has 1 aromatic heterocycles. The molecule has 4 nitrogen and oxygen atoms in total. The molecule has 0 bridgehead atoms. The first-order chi connectivity index (χ1) is 11.3. The molecule has 0 saturated carbocycles. The maximum atomic E-state index is 12.3. The van der Waals surface area contributed by atoms with E-state index >= 15 is 0 Å². The van der Waals surface area contributed by atoms with Gasteiger partial charge in [0.15, 0.2) is 0 Å². The summed E-state index contributed by atoms with van der Waals surface area (Å²) in [5.41, 5.74) is 3.43. The minimum Gasteiger partial charge on any atom is -0.334 e. The summed E-state index contributed by atoms with van der Waals surface area (Å²) in [6, 6.07) is 11.8. The van der Waals surface area contributed by atoms with Gasteiger partial charge in [-0.2, -0.15) is 0 Å². The number of hydrogen-bond acceptors (Lipinski definition) is 2. The fourth-order valence-corrected chi connectivity index (χ4v) is 2.54. The summed E-state index contributed by atoms with van der Waals surface area (Å²) < 4.78 is 0. The zero-order chi connectivity index (χ0) is 17.6. The Morgan fingerprint density at radius 2 is 1.88 bits per heavy atom. The van der Waals surface area contributed by atoms with Gasteiger partial charge in [0, 0.05) is 18.9 Å². The SMILES string of the molecule is Cc1ccc(CNC(=O)NC(CC(C)(C)C)c2cccnc2)cc1. The van der Waals surface area contributed by atoms with Crippen LogP contribution in [0.1, 0.15) is 49.9 Å². The van der Waals surface area contributed by atoms with Crippen LogP contribution < -0.4 is 10.6 Å². The van der Waals surface area contributed by atoms with E-state index in [2.05, 4.69) is 43.3 Å². The van der Waals surface area contributed by atoms with Crippen molar-refractivity contribution in [3.8, 4) is 0 Å². The fourth-order valence-electron chi connectivity index (χ4n) is 2.54. The first-order valence-corrected chi connectivity index (χ1v) is 8.33. The van der Waals surface area contributed by atoms with Crippen molar-refractivity contribution in [1.82, 2.24) is 15.6 Å². The van der Waals surface area contributed by atoms with E-state index in [0.29, 0.717) is 6.54 Å². The number of hydrogen-bond donors (Lipinski definition) is 2. The summed E-state index contributed by atoms with van der Waals surface area (Å²) in [6.07, 6.45) is 4.41. The highest BCUT2D eigenvalue weighted by Crippen LogP contribution is 2.28. The lowest BCUT2D eigenvalue weighted by Crippen LogP contribution is -2.38. The van der Waals surface area contributed by atoms with Gasteiger partial charge in [-0.15, -0.1) is 0 Å². The second-order valence-electron chi connectivity index (χ2n) is 7.42. The molecule has 0 aliphatic rings. The van der Waals surface area contributed by atoms with Gasteiger partial charge in [0.05, 0.1) is 6.04 Å². The van der Waals surface area contributed by atoms with Crippen LogP contribution in [0.4, 0.5) is 4.79 Å². The Labute approximate surface area is 144 Å². The van der Waals surface area contributed by atoms with E-state index in [-0.39, 0.29) is 17.5 Å². The van der Waals surface area contributed by atoms with Gasteiger partial charge in [-0.3, -0.25) is 4.98 Å². The van der Waals surface area contributed by atoms with E-state index in [1.807, 2.05) is 42.6 Å². The van der Waals surface area contributed by atoms with Gasteiger partial charge < -0.3 is 10.6 Å². The number of benzene rings is 1. The van der Waals surface area contributed by atoms with E-state index < -0.39 is 0 Å². The summed E-state index contributed by atoms with van der Waals surface area (Å²) in [6.45, 7) is 9.07. The maximum absolute atomic E-state index is 12.3. The van der Waals surface area contributed by atoms with Crippen molar-refractivity contribution in [2.45, 2.75) is 46.7 Å². The van der Waals surface area contributed by atoms with Crippen LogP contribution in [-0.4, -0.2) is 11.0 Å². The number of nitrogens with one attached hydrogen (secondary N) is 2. The molecule has 128 valence electrons. The molecule has 0 radical (unpaired) electrons. The molecular formula is C20H27N3O. The molecule has 0 spiro atoms. The standard InChI is InChI=1S/C20H27N3O/c1-15-7-9-16(10-8-15)13-22-19(24)23-18(12-20(2,3)4)17-6-5-11-21-14-17/h5-11,14,18H,12-13H2,1-4H3,(H2,22,23,24). The third-order valence-electron chi connectivity index (χ3n) is 3.78. The van der Waals surface area contributed by atoms with Crippen molar-refractivity contribution in [1.29, 1.82) is 0 Å². The summed E-state index contributed by atoms with van der Waals surface area (Å²) >= 11 is 0. The molecule has 0 aliphatic carbocycles. The molecule has 1 heterocycles. The fraction of sp³-hybridized carbons (Fsp3) is 0.400. The lowest BCUT2D eigenvalue weighted by Gasteiger charge is -2.27. The van der Waals surface area contributed by atoms with Crippen LogP contribution >= 0.6 is 0 Å². The smallest absolute Gasteiger partial charge is 0.315 e. The molecule has 0 saturated heterocycles. The topological polar surface area (TPSA) is 54.0 Å². The number of aromatic nitrogens is 1. The highest BCUT2D eigenvalue weighted by molar-refractivity contribution is 5.74. The lowest BCUT2D eigenvalue weighted by molar-refractivity contribution is 0.230. The lowest BCUT2D eigenvalue weighted by atomic mass is 9.86. The minimum absolute atomic E-state index is 0.0586. The Bertz CT molecular complexity index is 645. The van der Waals surface area contributed by atoms with E-state index in [4.69, 9.17) is 0 Å². The quantitative estimate of drug-likeness (QED) is 0.858. The number of carbonyl (C=O) groups excluding carboxylic acids is 1. The van der Waals surface area contributed by atoms with Gasteiger partial charge in [-0.25, -0.2) is 4.79 Å². The Balaban J connectivity index is 1.97. The predicted molar refractivity (Wildman–Crippen MR) is 97.6 cm³/mol. The van der Waals surface area contributed by atoms with Crippen LogP contribution in [0, 0.1) is 12.3 Å². The Morgan fingerprint density at radius 3 is 2.46 bits per heavy atom. The second kappa shape index (κ2) is 7.95. The number of rotatable bonds is 5. The van der Waals surface area contributed by atoms with Gasteiger partial charge in [-0.1, -0.05) is 56.7 Å². The van der Waals surface area contributed by atoms with Crippen LogP contribution in [0.15, 0.2) is 48.8 Å². The van der Waals surface area contributed by atoms with Crippen molar-refractivity contribution in [3.05, 3.63) is 65.5 Å². The number of nitrogens with zero attached hydrogens (tertiary/aromatic N) is 1. The monoisotopic (exact) mass is 325 g/mol. The number of pyridine rings is 1. The number of carbonyl (C=O) groups is 1. The van der Waals surface area contributed by atoms with Crippen LogP contribution in [0.5, 0.6) is 0 Å².